The van der Waals surface area contributed by atoms with Crippen molar-refractivity contribution < 1.29 is 0 Å². The molecule has 0 atom stereocenters. The molecule has 0 aliphatic rings. The van der Waals surface area contributed by atoms with E-state index in [1.165, 1.54) is 71.0 Å². The molecule has 0 aliphatic carbocycles. The molecule has 0 fully saturated rings. The lowest BCUT2D eigenvalue weighted by Gasteiger charge is -2.05. The van der Waals surface area contributed by atoms with Crippen molar-refractivity contribution in [1.29, 1.82) is 0 Å². The maximum Gasteiger partial charge on any atom is 0.0641 e. The van der Waals surface area contributed by atoms with E-state index in [9.17, 15) is 0 Å². The van der Waals surface area contributed by atoms with Crippen molar-refractivity contribution in [3.05, 3.63) is 103 Å². The normalized spacial score (nSPS) is 12.4. The SMILES string of the molecule is Cn1c2cccc3c4ccccc4n4c5cccc(-c6ccccc6)c5c5ccc1c(c32)c54. The summed E-state index contributed by atoms with van der Waals surface area (Å²) in [6.45, 7) is 0. The van der Waals surface area contributed by atoms with E-state index >= 15 is 0 Å². The summed E-state index contributed by atoms with van der Waals surface area (Å²) in [5.74, 6) is 0. The predicted molar refractivity (Wildman–Crippen MR) is 141 cm³/mol. The van der Waals surface area contributed by atoms with E-state index in [0.717, 1.165) is 0 Å². The molecule has 0 spiro atoms. The van der Waals surface area contributed by atoms with Crippen molar-refractivity contribution in [1.82, 2.24) is 8.97 Å². The molecule has 2 nitrogen and oxygen atoms in total. The molecular weight excluding hydrogens is 400 g/mol. The molecular formula is C31H20N2. The Balaban J connectivity index is 1.80. The molecule has 0 radical (unpaired) electrons. The molecule has 33 heavy (non-hydrogen) atoms. The van der Waals surface area contributed by atoms with Crippen molar-refractivity contribution in [3.63, 3.8) is 0 Å². The zero-order valence-corrected chi connectivity index (χ0v) is 18.2. The minimum Gasteiger partial charge on any atom is -0.344 e. The number of rotatable bonds is 1. The van der Waals surface area contributed by atoms with Crippen LogP contribution in [0.2, 0.25) is 0 Å². The number of hydrogen-bond donors (Lipinski definition) is 0. The van der Waals surface area contributed by atoms with Gasteiger partial charge in [-0.2, -0.15) is 0 Å². The van der Waals surface area contributed by atoms with Crippen LogP contribution in [-0.2, 0) is 7.05 Å². The minimum absolute atomic E-state index is 1.25. The third kappa shape index (κ3) is 2.00. The standard InChI is InChI=1S/C31H20N2/c1-32-25-15-8-13-22-21-11-5-6-14-24(21)33-27-16-7-12-20(19-9-3-2-4-10-19)28(27)23-17-18-26(32)30(29(22)25)31(23)33/h2-18H,1H3. The fourth-order valence-electron chi connectivity index (χ4n) is 6.11. The third-order valence-electron chi connectivity index (χ3n) is 7.47. The van der Waals surface area contributed by atoms with Crippen LogP contribution in [0, 0.1) is 0 Å². The number of nitrogens with zero attached hydrogens (tertiary/aromatic N) is 2. The summed E-state index contributed by atoms with van der Waals surface area (Å²) >= 11 is 0. The molecule has 2 heteroatoms. The van der Waals surface area contributed by atoms with Crippen molar-refractivity contribution in [2.45, 2.75) is 0 Å². The summed E-state index contributed by atoms with van der Waals surface area (Å²) in [4.78, 5) is 0. The van der Waals surface area contributed by atoms with Gasteiger partial charge >= 0.3 is 0 Å². The Morgan fingerprint density at radius 2 is 1.15 bits per heavy atom. The molecule has 0 bridgehead atoms. The molecule has 3 heterocycles. The van der Waals surface area contributed by atoms with Crippen LogP contribution >= 0.6 is 0 Å². The summed E-state index contributed by atoms with van der Waals surface area (Å²) in [5.41, 5.74) is 8.93. The molecule has 0 unspecified atom stereocenters. The van der Waals surface area contributed by atoms with Crippen LogP contribution in [0.4, 0.5) is 0 Å². The lowest BCUT2D eigenvalue weighted by Crippen LogP contribution is -1.88. The van der Waals surface area contributed by atoms with Crippen LogP contribution in [0.5, 0.6) is 0 Å². The summed E-state index contributed by atoms with van der Waals surface area (Å²) in [6, 6.07) is 37.7. The van der Waals surface area contributed by atoms with E-state index in [1.54, 1.807) is 0 Å². The molecule has 0 saturated carbocycles. The Labute approximate surface area is 190 Å². The second kappa shape index (κ2) is 5.93. The summed E-state index contributed by atoms with van der Waals surface area (Å²) in [5, 5.41) is 7.96. The number of fused-ring (bicyclic) bond motifs is 6. The van der Waals surface area contributed by atoms with Gasteiger partial charge < -0.3 is 8.97 Å². The van der Waals surface area contributed by atoms with Crippen LogP contribution in [0.3, 0.4) is 0 Å². The second-order valence-corrected chi connectivity index (χ2v) is 9.03. The van der Waals surface area contributed by atoms with Gasteiger partial charge in [0.25, 0.3) is 0 Å². The number of hydrogen-bond acceptors (Lipinski definition) is 0. The largest absolute Gasteiger partial charge is 0.344 e. The van der Waals surface area contributed by atoms with Gasteiger partial charge in [-0.1, -0.05) is 78.9 Å². The van der Waals surface area contributed by atoms with E-state index in [2.05, 4.69) is 119 Å². The van der Waals surface area contributed by atoms with Gasteiger partial charge in [0.2, 0.25) is 0 Å². The maximum absolute atomic E-state index is 2.51. The van der Waals surface area contributed by atoms with Gasteiger partial charge in [0.05, 0.1) is 22.1 Å². The van der Waals surface area contributed by atoms with Crippen LogP contribution in [-0.4, -0.2) is 8.97 Å². The first kappa shape index (κ1) is 17.3. The smallest absolute Gasteiger partial charge is 0.0641 e. The van der Waals surface area contributed by atoms with Gasteiger partial charge in [-0.25, -0.2) is 0 Å². The molecule has 0 amide bonds. The van der Waals surface area contributed by atoms with Crippen molar-refractivity contribution in [2.75, 3.05) is 0 Å². The van der Waals surface area contributed by atoms with Crippen molar-refractivity contribution >= 4 is 59.9 Å². The van der Waals surface area contributed by atoms with Gasteiger partial charge in [-0.15, -0.1) is 0 Å². The highest BCUT2D eigenvalue weighted by molar-refractivity contribution is 6.33. The van der Waals surface area contributed by atoms with E-state index in [4.69, 9.17) is 0 Å². The van der Waals surface area contributed by atoms with E-state index in [-0.39, 0.29) is 0 Å². The quantitative estimate of drug-likeness (QED) is 0.253. The lowest BCUT2D eigenvalue weighted by molar-refractivity contribution is 1.01. The molecule has 154 valence electrons. The van der Waals surface area contributed by atoms with Crippen molar-refractivity contribution in [3.8, 4) is 11.1 Å². The first-order valence-electron chi connectivity index (χ1n) is 11.5. The average molecular weight is 421 g/mol. The fraction of sp³-hybridized carbons (Fsp3) is 0.0323. The highest BCUT2D eigenvalue weighted by atomic mass is 15.0. The van der Waals surface area contributed by atoms with E-state index in [0.29, 0.717) is 0 Å². The number of benzene rings is 5. The van der Waals surface area contributed by atoms with E-state index in [1.807, 2.05) is 0 Å². The van der Waals surface area contributed by atoms with Crippen LogP contribution < -0.4 is 0 Å². The molecule has 8 rings (SSSR count). The maximum atomic E-state index is 2.51. The molecule has 0 saturated heterocycles. The second-order valence-electron chi connectivity index (χ2n) is 9.03. The third-order valence-corrected chi connectivity index (χ3v) is 7.47. The number of aryl methyl sites for hydroxylation is 1. The monoisotopic (exact) mass is 420 g/mol. The molecule has 5 aromatic carbocycles. The van der Waals surface area contributed by atoms with Gasteiger partial charge in [0.15, 0.2) is 0 Å². The Morgan fingerprint density at radius 1 is 0.455 bits per heavy atom. The topological polar surface area (TPSA) is 9.34 Å². The molecule has 3 aromatic heterocycles. The summed E-state index contributed by atoms with van der Waals surface area (Å²) < 4.78 is 4.86. The first-order chi connectivity index (χ1) is 16.3. The first-order valence-corrected chi connectivity index (χ1v) is 11.5. The molecule has 8 aromatic rings. The zero-order valence-electron chi connectivity index (χ0n) is 18.2. The van der Waals surface area contributed by atoms with Crippen LogP contribution in [0.1, 0.15) is 0 Å². The van der Waals surface area contributed by atoms with E-state index < -0.39 is 0 Å². The Kier molecular flexibility index (Phi) is 3.11. The van der Waals surface area contributed by atoms with Gasteiger partial charge in [0.1, 0.15) is 0 Å². The van der Waals surface area contributed by atoms with Gasteiger partial charge in [-0.3, -0.25) is 0 Å². The highest BCUT2D eigenvalue weighted by Gasteiger charge is 2.22. The Hall–Kier alpha value is -4.30. The van der Waals surface area contributed by atoms with Crippen LogP contribution in [0.25, 0.3) is 71.0 Å². The number of aromatic nitrogens is 2. The predicted octanol–water partition coefficient (Wildman–Crippen LogP) is 8.15. The van der Waals surface area contributed by atoms with Gasteiger partial charge in [-0.05, 0) is 40.8 Å². The van der Waals surface area contributed by atoms with Gasteiger partial charge in [0, 0.05) is 39.5 Å². The van der Waals surface area contributed by atoms with Crippen LogP contribution in [0.15, 0.2) is 103 Å². The summed E-state index contributed by atoms with van der Waals surface area (Å²) in [7, 11) is 2.19. The fourth-order valence-corrected chi connectivity index (χ4v) is 6.11. The minimum atomic E-state index is 1.25. The Morgan fingerprint density at radius 3 is 2.06 bits per heavy atom. The highest BCUT2D eigenvalue weighted by Crippen LogP contribution is 2.45. The average Bonchev–Trinajstić information content (AvgIpc) is 3.32. The zero-order chi connectivity index (χ0) is 21.7. The summed E-state index contributed by atoms with van der Waals surface area (Å²) in [6.07, 6.45) is 0. The molecule has 0 N–H and O–H groups in total. The molecule has 0 aliphatic heterocycles. The lowest BCUT2D eigenvalue weighted by atomic mass is 9.98. The number of para-hydroxylation sites is 1. The Bertz CT molecular complexity index is 2020. The van der Waals surface area contributed by atoms with Crippen molar-refractivity contribution in [2.24, 2.45) is 7.05 Å².